The summed E-state index contributed by atoms with van der Waals surface area (Å²) < 4.78 is 0.724. The van der Waals surface area contributed by atoms with Gasteiger partial charge in [-0.1, -0.05) is 17.7 Å². The fraction of sp³-hybridized carbons (Fsp3) is 0.167. The predicted octanol–water partition coefficient (Wildman–Crippen LogP) is 3.11. The van der Waals surface area contributed by atoms with Crippen LogP contribution in [0.1, 0.15) is 11.1 Å². The Morgan fingerprint density at radius 1 is 1.25 bits per heavy atom. The van der Waals surface area contributed by atoms with Crippen molar-refractivity contribution in [3.05, 3.63) is 40.0 Å². The lowest BCUT2D eigenvalue weighted by molar-refractivity contribution is 1.16. The molecule has 2 rings (SSSR count). The van der Waals surface area contributed by atoms with E-state index in [9.17, 15) is 0 Å². The lowest BCUT2D eigenvalue weighted by Crippen LogP contribution is -1.97. The smallest absolute Gasteiger partial charge is 0.161 e. The van der Waals surface area contributed by atoms with E-state index in [0.717, 1.165) is 15.6 Å². The second-order valence-corrected chi connectivity index (χ2v) is 4.60. The minimum absolute atomic E-state index is 0.464. The van der Waals surface area contributed by atoms with Crippen LogP contribution in [0, 0.1) is 13.8 Å². The summed E-state index contributed by atoms with van der Waals surface area (Å²) >= 11 is 3.28. The highest BCUT2D eigenvalue weighted by molar-refractivity contribution is 9.10. The Kier molecular flexibility index (Phi) is 2.92. The molecule has 1 aromatic carbocycles. The Bertz CT molecular complexity index is 538. The maximum absolute atomic E-state index is 5.75. The van der Waals surface area contributed by atoms with Gasteiger partial charge in [0.05, 0.1) is 4.47 Å². The summed E-state index contributed by atoms with van der Waals surface area (Å²) in [7, 11) is 0. The van der Waals surface area contributed by atoms with Gasteiger partial charge >= 0.3 is 0 Å². The molecular formula is C12H12BrN3. The van der Waals surface area contributed by atoms with E-state index in [1.54, 1.807) is 6.20 Å². The highest BCUT2D eigenvalue weighted by Crippen LogP contribution is 2.24. The fourth-order valence-electron chi connectivity index (χ4n) is 1.49. The van der Waals surface area contributed by atoms with Gasteiger partial charge in [-0.2, -0.15) is 0 Å². The van der Waals surface area contributed by atoms with E-state index in [4.69, 9.17) is 5.73 Å². The average Bonchev–Trinajstić information content (AvgIpc) is 2.26. The summed E-state index contributed by atoms with van der Waals surface area (Å²) in [6, 6.07) is 6.20. The number of aromatic nitrogens is 2. The molecule has 0 fully saturated rings. The van der Waals surface area contributed by atoms with E-state index in [-0.39, 0.29) is 0 Å². The average molecular weight is 278 g/mol. The van der Waals surface area contributed by atoms with Crippen molar-refractivity contribution in [2.75, 3.05) is 5.73 Å². The zero-order chi connectivity index (χ0) is 11.7. The zero-order valence-corrected chi connectivity index (χ0v) is 10.7. The molecular weight excluding hydrogens is 266 g/mol. The lowest BCUT2D eigenvalue weighted by atomic mass is 10.1. The summed E-state index contributed by atoms with van der Waals surface area (Å²) in [5.41, 5.74) is 9.11. The highest BCUT2D eigenvalue weighted by atomic mass is 79.9. The molecule has 0 amide bonds. The second kappa shape index (κ2) is 4.22. The van der Waals surface area contributed by atoms with Gasteiger partial charge < -0.3 is 5.73 Å². The van der Waals surface area contributed by atoms with Gasteiger partial charge in [-0.3, -0.25) is 0 Å². The second-order valence-electron chi connectivity index (χ2n) is 3.75. The third kappa shape index (κ3) is 2.07. The largest absolute Gasteiger partial charge is 0.383 e. The van der Waals surface area contributed by atoms with E-state index in [1.807, 2.05) is 13.8 Å². The molecule has 0 bridgehead atoms. The highest BCUT2D eigenvalue weighted by Gasteiger charge is 2.07. The van der Waals surface area contributed by atoms with E-state index in [0.29, 0.717) is 11.6 Å². The van der Waals surface area contributed by atoms with Crippen molar-refractivity contribution in [3.8, 4) is 11.4 Å². The number of nitrogens with two attached hydrogens (primary N) is 1. The molecule has 0 aliphatic carbocycles. The summed E-state index contributed by atoms with van der Waals surface area (Å²) in [4.78, 5) is 8.54. The number of aryl methyl sites for hydroxylation is 2. The van der Waals surface area contributed by atoms with Gasteiger partial charge in [0.1, 0.15) is 5.82 Å². The number of anilines is 1. The van der Waals surface area contributed by atoms with Gasteiger partial charge in [-0.25, -0.2) is 9.97 Å². The molecule has 0 saturated carbocycles. The van der Waals surface area contributed by atoms with Crippen molar-refractivity contribution in [1.82, 2.24) is 9.97 Å². The standard InChI is InChI=1S/C12H12BrN3/c1-7-3-4-8(2)9(5-7)12-15-6-10(13)11(14)16-12/h3-6H,1-2H3,(H2,14,15,16). The molecule has 4 heteroatoms. The first-order valence-electron chi connectivity index (χ1n) is 4.93. The number of hydrogen-bond acceptors (Lipinski definition) is 3. The lowest BCUT2D eigenvalue weighted by Gasteiger charge is -2.06. The Hall–Kier alpha value is -1.42. The molecule has 0 aliphatic heterocycles. The number of nitrogen functional groups attached to an aromatic ring is 1. The van der Waals surface area contributed by atoms with E-state index < -0.39 is 0 Å². The monoisotopic (exact) mass is 277 g/mol. The van der Waals surface area contributed by atoms with Crippen molar-refractivity contribution < 1.29 is 0 Å². The van der Waals surface area contributed by atoms with Crippen LogP contribution in [0.3, 0.4) is 0 Å². The Morgan fingerprint density at radius 2 is 2.00 bits per heavy atom. The quantitative estimate of drug-likeness (QED) is 0.872. The minimum Gasteiger partial charge on any atom is -0.383 e. The molecule has 2 aromatic rings. The van der Waals surface area contributed by atoms with Gasteiger partial charge in [0.25, 0.3) is 0 Å². The number of hydrogen-bond donors (Lipinski definition) is 1. The predicted molar refractivity (Wildman–Crippen MR) is 69.1 cm³/mol. The first-order valence-corrected chi connectivity index (χ1v) is 5.73. The number of nitrogens with zero attached hydrogens (tertiary/aromatic N) is 2. The van der Waals surface area contributed by atoms with Crippen LogP contribution in [0.2, 0.25) is 0 Å². The Morgan fingerprint density at radius 3 is 2.69 bits per heavy atom. The molecule has 0 spiro atoms. The van der Waals surface area contributed by atoms with Gasteiger partial charge in [-0.15, -0.1) is 0 Å². The molecule has 0 aliphatic rings. The third-order valence-electron chi connectivity index (χ3n) is 2.41. The summed E-state index contributed by atoms with van der Waals surface area (Å²) in [5, 5.41) is 0. The molecule has 16 heavy (non-hydrogen) atoms. The molecule has 3 nitrogen and oxygen atoms in total. The van der Waals surface area contributed by atoms with Crippen LogP contribution in [-0.4, -0.2) is 9.97 Å². The molecule has 1 aromatic heterocycles. The summed E-state index contributed by atoms with van der Waals surface area (Å²) in [5.74, 6) is 1.13. The fourth-order valence-corrected chi connectivity index (χ4v) is 1.68. The van der Waals surface area contributed by atoms with Crippen LogP contribution in [0.4, 0.5) is 5.82 Å². The van der Waals surface area contributed by atoms with Gasteiger partial charge in [0.2, 0.25) is 0 Å². The molecule has 82 valence electrons. The van der Waals surface area contributed by atoms with Crippen molar-refractivity contribution in [3.63, 3.8) is 0 Å². The minimum atomic E-state index is 0.464. The molecule has 0 radical (unpaired) electrons. The van der Waals surface area contributed by atoms with E-state index in [2.05, 4.69) is 44.1 Å². The van der Waals surface area contributed by atoms with Crippen LogP contribution >= 0.6 is 15.9 Å². The van der Waals surface area contributed by atoms with Crippen LogP contribution in [0.15, 0.2) is 28.9 Å². The Balaban J connectivity index is 2.58. The topological polar surface area (TPSA) is 51.8 Å². The number of halogens is 1. The maximum atomic E-state index is 5.75. The van der Waals surface area contributed by atoms with Crippen molar-refractivity contribution in [2.24, 2.45) is 0 Å². The molecule has 0 saturated heterocycles. The van der Waals surface area contributed by atoms with Gasteiger partial charge in [0.15, 0.2) is 5.82 Å². The van der Waals surface area contributed by atoms with Crippen LogP contribution < -0.4 is 5.73 Å². The molecule has 0 unspecified atom stereocenters. The van der Waals surface area contributed by atoms with Crippen molar-refractivity contribution >= 4 is 21.7 Å². The summed E-state index contributed by atoms with van der Waals surface area (Å²) in [6.45, 7) is 4.08. The number of benzene rings is 1. The Labute approximate surface area is 103 Å². The van der Waals surface area contributed by atoms with Crippen molar-refractivity contribution in [2.45, 2.75) is 13.8 Å². The van der Waals surface area contributed by atoms with Crippen molar-refractivity contribution in [1.29, 1.82) is 0 Å². The van der Waals surface area contributed by atoms with E-state index in [1.165, 1.54) is 5.56 Å². The van der Waals surface area contributed by atoms with Crippen LogP contribution in [-0.2, 0) is 0 Å². The summed E-state index contributed by atoms with van der Waals surface area (Å²) in [6.07, 6.45) is 1.68. The first kappa shape index (κ1) is 11.1. The first-order chi connectivity index (χ1) is 7.58. The van der Waals surface area contributed by atoms with Gasteiger partial charge in [-0.05, 0) is 41.4 Å². The maximum Gasteiger partial charge on any atom is 0.161 e. The molecule has 1 heterocycles. The SMILES string of the molecule is Cc1ccc(C)c(-c2ncc(Br)c(N)n2)c1. The van der Waals surface area contributed by atoms with Crippen LogP contribution in [0.5, 0.6) is 0 Å². The normalized spacial score (nSPS) is 10.4. The van der Waals surface area contributed by atoms with Gasteiger partial charge in [0, 0.05) is 11.8 Å². The van der Waals surface area contributed by atoms with Crippen LogP contribution in [0.25, 0.3) is 11.4 Å². The van der Waals surface area contributed by atoms with E-state index >= 15 is 0 Å². The zero-order valence-electron chi connectivity index (χ0n) is 9.16. The molecule has 2 N–H and O–H groups in total. The number of rotatable bonds is 1. The third-order valence-corrected chi connectivity index (χ3v) is 3.02. The molecule has 0 atom stereocenters.